The molecule has 1 atom stereocenters. The van der Waals surface area contributed by atoms with Gasteiger partial charge in [-0.15, -0.1) is 0 Å². The Morgan fingerprint density at radius 2 is 2.30 bits per heavy atom. The van der Waals surface area contributed by atoms with E-state index in [0.29, 0.717) is 13.0 Å². The normalized spacial score (nSPS) is 15.8. The van der Waals surface area contributed by atoms with E-state index in [4.69, 9.17) is 0 Å². The number of carbonyl (C=O) groups is 1. The highest BCUT2D eigenvalue weighted by Crippen LogP contribution is 2.28. The maximum Gasteiger partial charge on any atom is 0.320 e. The number of hydrogen-bond acceptors (Lipinski definition) is 3. The summed E-state index contributed by atoms with van der Waals surface area (Å²) in [5.41, 5.74) is 3.97. The van der Waals surface area contributed by atoms with E-state index in [2.05, 4.69) is 35.3 Å². The number of carboxylic acid groups (broad SMARTS) is 1. The lowest BCUT2D eigenvalue weighted by Crippen LogP contribution is -2.40. The second-order valence-electron chi connectivity index (χ2n) is 5.46. The molecule has 0 saturated carbocycles. The molecule has 0 bridgehead atoms. The molecule has 20 heavy (non-hydrogen) atoms. The number of likely N-dealkylation sites (N-methyl/N-ethyl adjacent to an activating group) is 1. The van der Waals surface area contributed by atoms with Crippen molar-refractivity contribution in [2.24, 2.45) is 0 Å². The van der Waals surface area contributed by atoms with Gasteiger partial charge in [-0.25, -0.2) is 0 Å². The SMILES string of the molecule is CCNC(CCN1CCCc2cc(C)ccc21)C(=O)O. The lowest BCUT2D eigenvalue weighted by atomic mass is 9.99. The van der Waals surface area contributed by atoms with Crippen LogP contribution in [0.1, 0.15) is 30.9 Å². The fraction of sp³-hybridized carbons (Fsp3) is 0.562. The molecule has 0 saturated heterocycles. The Kier molecular flexibility index (Phi) is 5.01. The van der Waals surface area contributed by atoms with Gasteiger partial charge in [-0.1, -0.05) is 24.6 Å². The van der Waals surface area contributed by atoms with E-state index in [1.807, 2.05) is 6.92 Å². The van der Waals surface area contributed by atoms with Crippen LogP contribution in [0.5, 0.6) is 0 Å². The minimum absolute atomic E-state index is 0.448. The summed E-state index contributed by atoms with van der Waals surface area (Å²) in [6, 6.07) is 6.11. The Hall–Kier alpha value is -1.55. The quantitative estimate of drug-likeness (QED) is 0.836. The summed E-state index contributed by atoms with van der Waals surface area (Å²) in [6.45, 7) is 6.56. The zero-order valence-electron chi connectivity index (χ0n) is 12.4. The molecule has 0 aliphatic carbocycles. The van der Waals surface area contributed by atoms with Crippen LogP contribution in [-0.2, 0) is 11.2 Å². The highest BCUT2D eigenvalue weighted by molar-refractivity contribution is 5.73. The van der Waals surface area contributed by atoms with Crippen LogP contribution in [0.3, 0.4) is 0 Å². The summed E-state index contributed by atoms with van der Waals surface area (Å²) in [4.78, 5) is 13.5. The van der Waals surface area contributed by atoms with E-state index >= 15 is 0 Å². The van der Waals surface area contributed by atoms with Crippen LogP contribution in [0.2, 0.25) is 0 Å². The first-order valence-electron chi connectivity index (χ1n) is 7.42. The van der Waals surface area contributed by atoms with E-state index in [1.54, 1.807) is 0 Å². The molecule has 110 valence electrons. The van der Waals surface area contributed by atoms with Gasteiger partial charge in [0, 0.05) is 18.8 Å². The van der Waals surface area contributed by atoms with Crippen molar-refractivity contribution in [3.05, 3.63) is 29.3 Å². The highest BCUT2D eigenvalue weighted by atomic mass is 16.4. The number of anilines is 1. The molecule has 1 aliphatic rings. The average Bonchev–Trinajstić information content (AvgIpc) is 2.42. The second-order valence-corrected chi connectivity index (χ2v) is 5.46. The average molecular weight is 276 g/mol. The van der Waals surface area contributed by atoms with Crippen molar-refractivity contribution >= 4 is 11.7 Å². The van der Waals surface area contributed by atoms with Gasteiger partial charge in [-0.05, 0) is 44.4 Å². The molecule has 1 heterocycles. The molecule has 0 amide bonds. The van der Waals surface area contributed by atoms with Gasteiger partial charge < -0.3 is 15.3 Å². The number of fused-ring (bicyclic) bond motifs is 1. The fourth-order valence-electron chi connectivity index (χ4n) is 2.88. The number of nitrogens with zero attached hydrogens (tertiary/aromatic N) is 1. The highest BCUT2D eigenvalue weighted by Gasteiger charge is 2.20. The van der Waals surface area contributed by atoms with E-state index < -0.39 is 12.0 Å². The molecule has 1 unspecified atom stereocenters. The molecule has 2 N–H and O–H groups in total. The standard InChI is InChI=1S/C16H24N2O2/c1-3-17-14(16(19)20)8-10-18-9-4-5-13-11-12(2)6-7-15(13)18/h6-7,11,14,17H,3-5,8-10H2,1-2H3,(H,19,20). The monoisotopic (exact) mass is 276 g/mol. The summed E-state index contributed by atoms with van der Waals surface area (Å²) in [5, 5.41) is 12.2. The molecule has 1 aromatic rings. The van der Waals surface area contributed by atoms with Crippen molar-refractivity contribution in [1.82, 2.24) is 5.32 Å². The third kappa shape index (κ3) is 3.51. The van der Waals surface area contributed by atoms with E-state index in [9.17, 15) is 9.90 Å². The fourth-order valence-corrected chi connectivity index (χ4v) is 2.88. The van der Waals surface area contributed by atoms with Gasteiger partial charge in [0.15, 0.2) is 0 Å². The first kappa shape index (κ1) is 14.9. The zero-order chi connectivity index (χ0) is 14.5. The van der Waals surface area contributed by atoms with Crippen molar-refractivity contribution in [2.75, 3.05) is 24.5 Å². The smallest absolute Gasteiger partial charge is 0.320 e. The van der Waals surface area contributed by atoms with Crippen LogP contribution >= 0.6 is 0 Å². The Balaban J connectivity index is 2.03. The van der Waals surface area contributed by atoms with Crippen LogP contribution in [0.25, 0.3) is 0 Å². The van der Waals surface area contributed by atoms with Crippen molar-refractivity contribution in [3.8, 4) is 0 Å². The maximum atomic E-state index is 11.2. The van der Waals surface area contributed by atoms with Crippen LogP contribution in [0, 0.1) is 6.92 Å². The molecular weight excluding hydrogens is 252 g/mol. The van der Waals surface area contributed by atoms with E-state index in [-0.39, 0.29) is 0 Å². The Morgan fingerprint density at radius 3 is 3.00 bits per heavy atom. The molecule has 0 spiro atoms. The predicted octanol–water partition coefficient (Wildman–Crippen LogP) is 2.20. The van der Waals surface area contributed by atoms with Crippen LogP contribution in [0.15, 0.2) is 18.2 Å². The molecule has 1 aromatic carbocycles. The third-order valence-corrected chi connectivity index (χ3v) is 3.89. The molecule has 0 fully saturated rings. The van der Waals surface area contributed by atoms with Gasteiger partial charge >= 0.3 is 5.97 Å². The Bertz CT molecular complexity index is 474. The topological polar surface area (TPSA) is 52.6 Å². The van der Waals surface area contributed by atoms with E-state index in [1.165, 1.54) is 16.8 Å². The van der Waals surface area contributed by atoms with Gasteiger partial charge in [-0.2, -0.15) is 0 Å². The molecule has 0 radical (unpaired) electrons. The first-order chi connectivity index (χ1) is 9.61. The number of benzene rings is 1. The molecule has 2 rings (SSSR count). The van der Waals surface area contributed by atoms with Crippen molar-refractivity contribution in [2.45, 2.75) is 39.2 Å². The number of rotatable bonds is 6. The lowest BCUT2D eigenvalue weighted by molar-refractivity contribution is -0.139. The summed E-state index contributed by atoms with van der Waals surface area (Å²) in [5.74, 6) is -0.756. The number of aliphatic carboxylic acids is 1. The molecule has 4 nitrogen and oxygen atoms in total. The maximum absolute atomic E-state index is 11.2. The summed E-state index contributed by atoms with van der Waals surface area (Å²) >= 11 is 0. The van der Waals surface area contributed by atoms with Gasteiger partial charge in [0.1, 0.15) is 6.04 Å². The first-order valence-corrected chi connectivity index (χ1v) is 7.42. The minimum Gasteiger partial charge on any atom is -0.480 e. The number of carboxylic acids is 1. The lowest BCUT2D eigenvalue weighted by Gasteiger charge is -2.32. The molecule has 1 aliphatic heterocycles. The number of hydrogen-bond donors (Lipinski definition) is 2. The van der Waals surface area contributed by atoms with E-state index in [0.717, 1.165) is 25.9 Å². The van der Waals surface area contributed by atoms with Crippen LogP contribution in [0.4, 0.5) is 5.69 Å². The van der Waals surface area contributed by atoms with Crippen molar-refractivity contribution < 1.29 is 9.90 Å². The predicted molar refractivity (Wildman–Crippen MR) is 81.4 cm³/mol. The van der Waals surface area contributed by atoms with Crippen molar-refractivity contribution in [1.29, 1.82) is 0 Å². The number of nitrogens with one attached hydrogen (secondary N) is 1. The summed E-state index contributed by atoms with van der Waals surface area (Å²) in [7, 11) is 0. The minimum atomic E-state index is -0.756. The van der Waals surface area contributed by atoms with Crippen LogP contribution < -0.4 is 10.2 Å². The molecule has 4 heteroatoms. The van der Waals surface area contributed by atoms with Gasteiger partial charge in [0.25, 0.3) is 0 Å². The van der Waals surface area contributed by atoms with Crippen LogP contribution in [-0.4, -0.2) is 36.8 Å². The zero-order valence-corrected chi connectivity index (χ0v) is 12.4. The summed E-state index contributed by atoms with van der Waals surface area (Å²) in [6.07, 6.45) is 2.91. The Morgan fingerprint density at radius 1 is 1.50 bits per heavy atom. The van der Waals surface area contributed by atoms with Crippen molar-refractivity contribution in [3.63, 3.8) is 0 Å². The molecular formula is C16H24N2O2. The molecule has 0 aromatic heterocycles. The Labute approximate surface area is 120 Å². The van der Waals surface area contributed by atoms with Gasteiger partial charge in [-0.3, -0.25) is 4.79 Å². The largest absolute Gasteiger partial charge is 0.480 e. The summed E-state index contributed by atoms with van der Waals surface area (Å²) < 4.78 is 0. The number of aryl methyl sites for hydroxylation is 2. The third-order valence-electron chi connectivity index (χ3n) is 3.89. The van der Waals surface area contributed by atoms with Gasteiger partial charge in [0.05, 0.1) is 0 Å². The second kappa shape index (κ2) is 6.75. The van der Waals surface area contributed by atoms with Gasteiger partial charge in [0.2, 0.25) is 0 Å².